The number of nitrogens with one attached hydrogen (secondary N) is 1. The Bertz CT molecular complexity index is 369. The molecule has 112 valence electrons. The second kappa shape index (κ2) is 8.40. The van der Waals surface area contributed by atoms with E-state index < -0.39 is 0 Å². The van der Waals surface area contributed by atoms with Crippen molar-refractivity contribution in [3.05, 3.63) is 35.9 Å². The summed E-state index contributed by atoms with van der Waals surface area (Å²) in [6.45, 7) is 6.15. The zero-order valence-electron chi connectivity index (χ0n) is 12.8. The van der Waals surface area contributed by atoms with Crippen LogP contribution < -0.4 is 5.32 Å². The molecule has 3 nitrogen and oxygen atoms in total. The van der Waals surface area contributed by atoms with E-state index in [0.717, 1.165) is 32.7 Å². The molecule has 1 aromatic carbocycles. The fourth-order valence-electron chi connectivity index (χ4n) is 2.91. The zero-order valence-corrected chi connectivity index (χ0v) is 12.8. The predicted molar refractivity (Wildman–Crippen MR) is 84.1 cm³/mol. The van der Waals surface area contributed by atoms with Gasteiger partial charge in [0, 0.05) is 19.1 Å². The summed E-state index contributed by atoms with van der Waals surface area (Å²) >= 11 is 0. The number of likely N-dealkylation sites (N-methyl/N-ethyl adjacent to an activating group) is 2. The van der Waals surface area contributed by atoms with Gasteiger partial charge in [-0.2, -0.15) is 0 Å². The van der Waals surface area contributed by atoms with E-state index in [1.54, 1.807) is 0 Å². The van der Waals surface area contributed by atoms with E-state index in [1.165, 1.54) is 18.4 Å². The number of hydrogen-bond donors (Lipinski definition) is 1. The van der Waals surface area contributed by atoms with Gasteiger partial charge in [-0.1, -0.05) is 37.3 Å². The van der Waals surface area contributed by atoms with Crippen LogP contribution in [-0.4, -0.2) is 50.3 Å². The third-order valence-electron chi connectivity index (χ3n) is 4.04. The molecule has 0 amide bonds. The molecule has 1 aliphatic rings. The number of hydrogen-bond acceptors (Lipinski definition) is 3. The van der Waals surface area contributed by atoms with Gasteiger partial charge in [0.05, 0.1) is 12.7 Å². The van der Waals surface area contributed by atoms with Crippen LogP contribution in [0, 0.1) is 0 Å². The summed E-state index contributed by atoms with van der Waals surface area (Å²) in [7, 11) is 2.18. The largest absolute Gasteiger partial charge is 0.374 e. The molecule has 1 aliphatic heterocycles. The van der Waals surface area contributed by atoms with Crippen LogP contribution in [0.25, 0.3) is 0 Å². The Morgan fingerprint density at radius 2 is 2.15 bits per heavy atom. The Morgan fingerprint density at radius 3 is 2.85 bits per heavy atom. The van der Waals surface area contributed by atoms with E-state index in [2.05, 4.69) is 54.5 Å². The van der Waals surface area contributed by atoms with Crippen molar-refractivity contribution in [2.24, 2.45) is 0 Å². The third-order valence-corrected chi connectivity index (χ3v) is 4.04. The maximum atomic E-state index is 5.96. The third kappa shape index (κ3) is 4.89. The van der Waals surface area contributed by atoms with Gasteiger partial charge in [0.15, 0.2) is 0 Å². The highest BCUT2D eigenvalue weighted by Crippen LogP contribution is 2.14. The van der Waals surface area contributed by atoms with Gasteiger partial charge in [0.1, 0.15) is 0 Å². The molecule has 0 saturated carbocycles. The molecule has 0 aromatic heterocycles. The first-order chi connectivity index (χ1) is 9.79. The SMILES string of the molecule is CCNC(CCCc1ccccc1)C1CN(C)CCO1. The molecule has 2 unspecified atom stereocenters. The van der Waals surface area contributed by atoms with Crippen LogP contribution in [0.2, 0.25) is 0 Å². The Morgan fingerprint density at radius 1 is 1.35 bits per heavy atom. The van der Waals surface area contributed by atoms with Crippen LogP contribution in [0.1, 0.15) is 25.3 Å². The highest BCUT2D eigenvalue weighted by Gasteiger charge is 2.25. The molecule has 0 aliphatic carbocycles. The number of nitrogens with zero attached hydrogens (tertiary/aromatic N) is 1. The molecule has 0 spiro atoms. The molecular formula is C17H28N2O. The van der Waals surface area contributed by atoms with Crippen molar-refractivity contribution in [1.82, 2.24) is 10.2 Å². The summed E-state index contributed by atoms with van der Waals surface area (Å²) in [5.41, 5.74) is 1.43. The fourth-order valence-corrected chi connectivity index (χ4v) is 2.91. The minimum atomic E-state index is 0.337. The molecule has 0 radical (unpaired) electrons. The molecule has 2 atom stereocenters. The molecule has 1 fully saturated rings. The van der Waals surface area contributed by atoms with Crippen molar-refractivity contribution in [3.8, 4) is 0 Å². The molecule has 1 saturated heterocycles. The van der Waals surface area contributed by atoms with Crippen molar-refractivity contribution in [2.45, 2.75) is 38.3 Å². The van der Waals surface area contributed by atoms with Gasteiger partial charge in [-0.15, -0.1) is 0 Å². The average molecular weight is 276 g/mol. The highest BCUT2D eigenvalue weighted by molar-refractivity contribution is 5.14. The molecule has 20 heavy (non-hydrogen) atoms. The standard InChI is InChI=1S/C17H28N2O/c1-3-18-16(17-14-19(2)12-13-20-17)11-7-10-15-8-5-4-6-9-15/h4-6,8-9,16-18H,3,7,10-14H2,1-2H3. The smallest absolute Gasteiger partial charge is 0.0855 e. The first-order valence-corrected chi connectivity index (χ1v) is 7.87. The van der Waals surface area contributed by atoms with Gasteiger partial charge in [-0.05, 0) is 38.4 Å². The molecule has 2 rings (SSSR count). The zero-order chi connectivity index (χ0) is 14.2. The van der Waals surface area contributed by atoms with E-state index in [9.17, 15) is 0 Å². The average Bonchev–Trinajstić information content (AvgIpc) is 2.47. The summed E-state index contributed by atoms with van der Waals surface area (Å²) in [5.74, 6) is 0. The maximum Gasteiger partial charge on any atom is 0.0855 e. The lowest BCUT2D eigenvalue weighted by Gasteiger charge is -2.35. The van der Waals surface area contributed by atoms with Gasteiger partial charge in [0.25, 0.3) is 0 Å². The van der Waals surface area contributed by atoms with Gasteiger partial charge >= 0.3 is 0 Å². The van der Waals surface area contributed by atoms with E-state index in [1.807, 2.05) is 0 Å². The minimum Gasteiger partial charge on any atom is -0.374 e. The molecule has 1 heterocycles. The summed E-state index contributed by atoms with van der Waals surface area (Å²) in [4.78, 5) is 2.37. The number of benzene rings is 1. The lowest BCUT2D eigenvalue weighted by molar-refractivity contribution is -0.0398. The summed E-state index contributed by atoms with van der Waals surface area (Å²) in [6, 6.07) is 11.2. The molecular weight excluding hydrogens is 248 g/mol. The Labute approximate surface area is 123 Å². The Balaban J connectivity index is 1.79. The second-order valence-corrected chi connectivity index (χ2v) is 5.71. The first kappa shape index (κ1) is 15.5. The van der Waals surface area contributed by atoms with Crippen LogP contribution in [0.5, 0.6) is 0 Å². The lowest BCUT2D eigenvalue weighted by atomic mass is 10.00. The predicted octanol–water partition coefficient (Wildman–Crippen LogP) is 2.32. The molecule has 1 aromatic rings. The monoisotopic (exact) mass is 276 g/mol. The number of aryl methyl sites for hydroxylation is 1. The Hall–Kier alpha value is -0.900. The topological polar surface area (TPSA) is 24.5 Å². The molecule has 3 heteroatoms. The minimum absolute atomic E-state index is 0.337. The quantitative estimate of drug-likeness (QED) is 0.827. The normalized spacial score (nSPS) is 21.8. The molecule has 0 bridgehead atoms. The van der Waals surface area contributed by atoms with Gasteiger partial charge < -0.3 is 15.0 Å². The number of morpholine rings is 1. The van der Waals surface area contributed by atoms with Crippen molar-refractivity contribution in [1.29, 1.82) is 0 Å². The van der Waals surface area contributed by atoms with Crippen LogP contribution in [0.4, 0.5) is 0 Å². The van der Waals surface area contributed by atoms with Crippen molar-refractivity contribution in [2.75, 3.05) is 33.3 Å². The highest BCUT2D eigenvalue weighted by atomic mass is 16.5. The van der Waals surface area contributed by atoms with E-state index >= 15 is 0 Å². The van der Waals surface area contributed by atoms with Crippen LogP contribution in [0.15, 0.2) is 30.3 Å². The fraction of sp³-hybridized carbons (Fsp3) is 0.647. The summed E-state index contributed by atoms with van der Waals surface area (Å²) < 4.78 is 5.96. The van der Waals surface area contributed by atoms with Gasteiger partial charge in [-0.3, -0.25) is 0 Å². The van der Waals surface area contributed by atoms with Crippen LogP contribution in [0.3, 0.4) is 0 Å². The Kier molecular flexibility index (Phi) is 6.51. The number of rotatable bonds is 7. The molecule has 1 N–H and O–H groups in total. The van der Waals surface area contributed by atoms with Crippen LogP contribution >= 0.6 is 0 Å². The van der Waals surface area contributed by atoms with E-state index in [-0.39, 0.29) is 0 Å². The maximum absolute atomic E-state index is 5.96. The van der Waals surface area contributed by atoms with Crippen molar-refractivity contribution < 1.29 is 4.74 Å². The van der Waals surface area contributed by atoms with E-state index in [0.29, 0.717) is 12.1 Å². The van der Waals surface area contributed by atoms with Crippen molar-refractivity contribution in [3.63, 3.8) is 0 Å². The van der Waals surface area contributed by atoms with Gasteiger partial charge in [-0.25, -0.2) is 0 Å². The van der Waals surface area contributed by atoms with E-state index in [4.69, 9.17) is 4.74 Å². The first-order valence-electron chi connectivity index (χ1n) is 7.87. The summed E-state index contributed by atoms with van der Waals surface area (Å²) in [5, 5.41) is 3.61. The lowest BCUT2D eigenvalue weighted by Crippen LogP contribution is -2.51. The van der Waals surface area contributed by atoms with Crippen molar-refractivity contribution >= 4 is 0 Å². The summed E-state index contributed by atoms with van der Waals surface area (Å²) in [6.07, 6.45) is 3.89. The number of ether oxygens (including phenoxy) is 1. The second-order valence-electron chi connectivity index (χ2n) is 5.71. The van der Waals surface area contributed by atoms with Gasteiger partial charge in [0.2, 0.25) is 0 Å². The van der Waals surface area contributed by atoms with Crippen LogP contribution in [-0.2, 0) is 11.2 Å².